The van der Waals surface area contributed by atoms with Gasteiger partial charge in [-0.1, -0.05) is 13.8 Å². The van der Waals surface area contributed by atoms with Crippen molar-refractivity contribution < 1.29 is 0 Å². The highest BCUT2D eigenvalue weighted by Gasteiger charge is 2.04. The summed E-state index contributed by atoms with van der Waals surface area (Å²) in [5, 5.41) is 6.15. The third kappa shape index (κ3) is 4.70. The lowest BCUT2D eigenvalue weighted by molar-refractivity contribution is 0.316. The Hall–Kier alpha value is -1.14. The minimum absolute atomic E-state index is 0.190. The van der Waals surface area contributed by atoms with Gasteiger partial charge in [0, 0.05) is 20.1 Å². The summed E-state index contributed by atoms with van der Waals surface area (Å²) in [6.07, 6.45) is 0. The Balaban J connectivity index is 2.48. The summed E-state index contributed by atoms with van der Waals surface area (Å²) >= 11 is 5.77. The number of hydrogen-bond donors (Lipinski definition) is 2. The fourth-order valence-corrected chi connectivity index (χ4v) is 1.57. The van der Waals surface area contributed by atoms with Crippen LogP contribution in [0.25, 0.3) is 0 Å². The molecule has 6 nitrogen and oxygen atoms in total. The molecule has 0 saturated heterocycles. The van der Waals surface area contributed by atoms with E-state index in [-0.39, 0.29) is 5.28 Å². The SMILES string of the molecule is CCN(CC)CCNc1nc(Cl)nc(NC)n1. The summed E-state index contributed by atoms with van der Waals surface area (Å²) < 4.78 is 0. The molecule has 0 atom stereocenters. The second kappa shape index (κ2) is 7.24. The molecule has 0 spiro atoms. The van der Waals surface area contributed by atoms with E-state index in [1.54, 1.807) is 7.05 Å². The number of likely N-dealkylation sites (N-methyl/N-ethyl adjacent to an activating group) is 1. The molecule has 0 radical (unpaired) electrons. The first kappa shape index (κ1) is 13.9. The zero-order valence-corrected chi connectivity index (χ0v) is 11.3. The van der Waals surface area contributed by atoms with Gasteiger partial charge in [-0.15, -0.1) is 0 Å². The first-order valence-corrected chi connectivity index (χ1v) is 6.13. The van der Waals surface area contributed by atoms with Crippen molar-refractivity contribution in [3.63, 3.8) is 0 Å². The molecule has 17 heavy (non-hydrogen) atoms. The maximum absolute atomic E-state index is 5.77. The van der Waals surface area contributed by atoms with E-state index < -0.39 is 0 Å². The Morgan fingerprint density at radius 1 is 1.12 bits per heavy atom. The third-order valence-electron chi connectivity index (χ3n) is 2.44. The van der Waals surface area contributed by atoms with E-state index in [9.17, 15) is 0 Å². The van der Waals surface area contributed by atoms with Crippen LogP contribution in [0.15, 0.2) is 0 Å². The number of halogens is 1. The zero-order valence-electron chi connectivity index (χ0n) is 10.5. The first-order valence-electron chi connectivity index (χ1n) is 5.75. The minimum Gasteiger partial charge on any atom is -0.357 e. The van der Waals surface area contributed by atoms with Gasteiger partial charge in [0.1, 0.15) is 0 Å². The van der Waals surface area contributed by atoms with E-state index in [1.165, 1.54) is 0 Å². The monoisotopic (exact) mass is 258 g/mol. The normalized spacial score (nSPS) is 10.6. The quantitative estimate of drug-likeness (QED) is 0.769. The van der Waals surface area contributed by atoms with Gasteiger partial charge in [-0.05, 0) is 24.7 Å². The molecule has 2 N–H and O–H groups in total. The molecule has 0 amide bonds. The lowest BCUT2D eigenvalue weighted by Gasteiger charge is -2.17. The van der Waals surface area contributed by atoms with Gasteiger partial charge in [0.25, 0.3) is 0 Å². The van der Waals surface area contributed by atoms with Crippen molar-refractivity contribution in [2.24, 2.45) is 0 Å². The van der Waals surface area contributed by atoms with Gasteiger partial charge in [0.05, 0.1) is 0 Å². The highest BCUT2D eigenvalue weighted by atomic mass is 35.5. The summed E-state index contributed by atoms with van der Waals surface area (Å²) in [5.74, 6) is 0.969. The number of nitrogens with zero attached hydrogens (tertiary/aromatic N) is 4. The smallest absolute Gasteiger partial charge is 0.228 e. The fraction of sp³-hybridized carbons (Fsp3) is 0.700. The Kier molecular flexibility index (Phi) is 5.93. The molecule has 0 aliphatic carbocycles. The van der Waals surface area contributed by atoms with Crippen LogP contribution in [-0.4, -0.2) is 53.1 Å². The van der Waals surface area contributed by atoms with Crippen LogP contribution < -0.4 is 10.6 Å². The van der Waals surface area contributed by atoms with Crippen LogP contribution >= 0.6 is 11.6 Å². The van der Waals surface area contributed by atoms with Crippen LogP contribution in [0.2, 0.25) is 5.28 Å². The van der Waals surface area contributed by atoms with E-state index >= 15 is 0 Å². The van der Waals surface area contributed by atoms with Crippen molar-refractivity contribution in [1.82, 2.24) is 19.9 Å². The van der Waals surface area contributed by atoms with E-state index in [1.807, 2.05) is 0 Å². The molecular weight excluding hydrogens is 240 g/mol. The summed E-state index contributed by atoms with van der Waals surface area (Å²) in [6.45, 7) is 8.09. The number of aromatic nitrogens is 3. The second-order valence-corrected chi connectivity index (χ2v) is 3.79. The Morgan fingerprint density at radius 3 is 2.35 bits per heavy atom. The molecule has 0 bridgehead atoms. The first-order chi connectivity index (χ1) is 8.19. The van der Waals surface area contributed by atoms with Crippen molar-refractivity contribution in [3.05, 3.63) is 5.28 Å². The van der Waals surface area contributed by atoms with Gasteiger partial charge in [-0.25, -0.2) is 0 Å². The molecule has 96 valence electrons. The van der Waals surface area contributed by atoms with Crippen LogP contribution in [0.5, 0.6) is 0 Å². The Labute approximate surface area is 107 Å². The average Bonchev–Trinajstić information content (AvgIpc) is 2.34. The van der Waals surface area contributed by atoms with E-state index in [4.69, 9.17) is 11.6 Å². The predicted molar refractivity (Wildman–Crippen MR) is 70.7 cm³/mol. The predicted octanol–water partition coefficient (Wildman–Crippen LogP) is 1.32. The maximum atomic E-state index is 5.77. The fourth-order valence-electron chi connectivity index (χ4n) is 1.41. The summed E-state index contributed by atoms with van der Waals surface area (Å²) in [6, 6.07) is 0. The Bertz CT molecular complexity index is 342. The summed E-state index contributed by atoms with van der Waals surface area (Å²) in [5.41, 5.74) is 0. The van der Waals surface area contributed by atoms with Crippen LogP contribution in [0.4, 0.5) is 11.9 Å². The van der Waals surface area contributed by atoms with Crippen LogP contribution in [-0.2, 0) is 0 Å². The highest BCUT2D eigenvalue weighted by molar-refractivity contribution is 6.28. The van der Waals surface area contributed by atoms with E-state index in [2.05, 4.69) is 44.3 Å². The van der Waals surface area contributed by atoms with Gasteiger partial charge in [-0.2, -0.15) is 15.0 Å². The molecule has 0 unspecified atom stereocenters. The number of anilines is 2. The average molecular weight is 259 g/mol. The van der Waals surface area contributed by atoms with Crippen molar-refractivity contribution in [1.29, 1.82) is 0 Å². The van der Waals surface area contributed by atoms with Crippen LogP contribution in [0, 0.1) is 0 Å². The summed E-state index contributed by atoms with van der Waals surface area (Å²) in [4.78, 5) is 14.4. The zero-order chi connectivity index (χ0) is 12.7. The van der Waals surface area contributed by atoms with Crippen molar-refractivity contribution >= 4 is 23.5 Å². The minimum atomic E-state index is 0.190. The lowest BCUT2D eigenvalue weighted by Crippen LogP contribution is -2.29. The molecule has 0 fully saturated rings. The standard InChI is InChI=1S/C10H19ClN6/c1-4-17(5-2)7-6-13-10-15-8(11)14-9(12-3)16-10/h4-7H2,1-3H3,(H2,12,13,14,15,16). The van der Waals surface area contributed by atoms with Crippen molar-refractivity contribution in [2.45, 2.75) is 13.8 Å². The topological polar surface area (TPSA) is 66.0 Å². The Morgan fingerprint density at radius 2 is 1.76 bits per heavy atom. The second-order valence-electron chi connectivity index (χ2n) is 3.46. The van der Waals surface area contributed by atoms with Crippen LogP contribution in [0.1, 0.15) is 13.8 Å². The molecule has 0 saturated carbocycles. The molecule has 0 aromatic carbocycles. The van der Waals surface area contributed by atoms with Gasteiger partial charge in [0.2, 0.25) is 17.2 Å². The lowest BCUT2D eigenvalue weighted by atomic mass is 10.4. The van der Waals surface area contributed by atoms with Gasteiger partial charge in [-0.3, -0.25) is 0 Å². The van der Waals surface area contributed by atoms with Gasteiger partial charge in [0.15, 0.2) is 0 Å². The molecular formula is C10H19ClN6. The maximum Gasteiger partial charge on any atom is 0.228 e. The molecule has 0 aliphatic rings. The molecule has 0 aliphatic heterocycles. The summed E-state index contributed by atoms with van der Waals surface area (Å²) in [7, 11) is 1.74. The number of rotatable bonds is 7. The highest BCUT2D eigenvalue weighted by Crippen LogP contribution is 2.08. The van der Waals surface area contributed by atoms with Crippen molar-refractivity contribution in [3.8, 4) is 0 Å². The molecule has 1 heterocycles. The molecule has 1 aromatic rings. The molecule has 1 rings (SSSR count). The van der Waals surface area contributed by atoms with Crippen LogP contribution in [0.3, 0.4) is 0 Å². The molecule has 7 heteroatoms. The van der Waals surface area contributed by atoms with Gasteiger partial charge >= 0.3 is 0 Å². The molecule has 1 aromatic heterocycles. The third-order valence-corrected chi connectivity index (χ3v) is 2.61. The van der Waals surface area contributed by atoms with Crippen molar-refractivity contribution in [2.75, 3.05) is 43.9 Å². The number of hydrogen-bond acceptors (Lipinski definition) is 6. The number of nitrogens with one attached hydrogen (secondary N) is 2. The van der Waals surface area contributed by atoms with E-state index in [0.717, 1.165) is 26.2 Å². The van der Waals surface area contributed by atoms with E-state index in [0.29, 0.717) is 11.9 Å². The largest absolute Gasteiger partial charge is 0.357 e. The van der Waals surface area contributed by atoms with Gasteiger partial charge < -0.3 is 15.5 Å².